The van der Waals surface area contributed by atoms with E-state index in [0.717, 1.165) is 12.8 Å². The first kappa shape index (κ1) is 13.8. The third-order valence-corrected chi connectivity index (χ3v) is 2.92. The summed E-state index contributed by atoms with van der Waals surface area (Å²) in [5.41, 5.74) is 0.442. The van der Waals surface area contributed by atoms with E-state index in [9.17, 15) is 4.79 Å². The van der Waals surface area contributed by atoms with E-state index < -0.39 is 0 Å². The molecule has 0 saturated carbocycles. The number of carbonyl (C=O) groups excluding carboxylic acids is 1. The highest BCUT2D eigenvalue weighted by molar-refractivity contribution is 6.20. The largest absolute Gasteiger partial charge is 0.480 e. The van der Waals surface area contributed by atoms with Crippen molar-refractivity contribution in [2.24, 2.45) is 0 Å². The van der Waals surface area contributed by atoms with Crippen molar-refractivity contribution in [3.63, 3.8) is 0 Å². The minimum Gasteiger partial charge on any atom is -0.480 e. The lowest BCUT2D eigenvalue weighted by Crippen LogP contribution is -2.26. The third kappa shape index (κ3) is 4.23. The van der Waals surface area contributed by atoms with Crippen LogP contribution in [0.1, 0.15) is 30.1 Å². The van der Waals surface area contributed by atoms with E-state index in [-0.39, 0.29) is 11.3 Å². The Bertz CT molecular complexity index is 371. The van der Waals surface area contributed by atoms with Gasteiger partial charge in [0.05, 0.1) is 7.11 Å². The SMILES string of the molecule is CCC(Cl)CCNC(=O)c1cccnc1OC. The maximum absolute atomic E-state index is 11.8. The van der Waals surface area contributed by atoms with Gasteiger partial charge in [0.2, 0.25) is 5.88 Å². The lowest BCUT2D eigenvalue weighted by atomic mass is 10.2. The summed E-state index contributed by atoms with van der Waals surface area (Å²) in [5.74, 6) is 0.151. The topological polar surface area (TPSA) is 51.2 Å². The zero-order chi connectivity index (χ0) is 12.7. The van der Waals surface area contributed by atoms with E-state index in [2.05, 4.69) is 10.3 Å². The van der Waals surface area contributed by atoms with Gasteiger partial charge >= 0.3 is 0 Å². The fourth-order valence-corrected chi connectivity index (χ4v) is 1.48. The number of hydrogen-bond donors (Lipinski definition) is 1. The summed E-state index contributed by atoms with van der Waals surface area (Å²) in [6, 6.07) is 3.38. The molecule has 1 aromatic heterocycles. The predicted molar refractivity (Wildman–Crippen MR) is 67.7 cm³/mol. The number of aromatic nitrogens is 1. The summed E-state index contributed by atoms with van der Waals surface area (Å²) in [5, 5.41) is 2.90. The van der Waals surface area contributed by atoms with Crippen LogP contribution in [0, 0.1) is 0 Å². The smallest absolute Gasteiger partial charge is 0.256 e. The van der Waals surface area contributed by atoms with Crippen LogP contribution in [0.5, 0.6) is 5.88 Å². The predicted octanol–water partition coefficient (Wildman–Crippen LogP) is 2.23. The van der Waals surface area contributed by atoms with Gasteiger partial charge in [0.15, 0.2) is 0 Å². The summed E-state index contributed by atoms with van der Waals surface area (Å²) in [6.07, 6.45) is 3.24. The van der Waals surface area contributed by atoms with Crippen LogP contribution in [0.25, 0.3) is 0 Å². The molecule has 5 heteroatoms. The number of halogens is 1. The summed E-state index contributed by atoms with van der Waals surface area (Å²) < 4.78 is 5.02. The van der Waals surface area contributed by atoms with E-state index in [1.165, 1.54) is 7.11 Å². The van der Waals surface area contributed by atoms with Gasteiger partial charge in [-0.3, -0.25) is 4.79 Å². The molecule has 0 aliphatic heterocycles. The maximum Gasteiger partial charge on any atom is 0.256 e. The molecule has 0 spiro atoms. The van der Waals surface area contributed by atoms with Crippen LogP contribution >= 0.6 is 11.6 Å². The normalized spacial score (nSPS) is 11.9. The van der Waals surface area contributed by atoms with Crippen molar-refractivity contribution in [3.05, 3.63) is 23.9 Å². The molecule has 0 aliphatic carbocycles. The zero-order valence-electron chi connectivity index (χ0n) is 10.1. The Morgan fingerprint density at radius 2 is 2.41 bits per heavy atom. The van der Waals surface area contributed by atoms with Gasteiger partial charge in [-0.25, -0.2) is 4.98 Å². The molecule has 0 aromatic carbocycles. The minimum atomic E-state index is -0.185. The second-order valence-electron chi connectivity index (χ2n) is 3.61. The first-order chi connectivity index (χ1) is 8.19. The number of nitrogens with zero attached hydrogens (tertiary/aromatic N) is 1. The van der Waals surface area contributed by atoms with Crippen molar-refractivity contribution in [3.8, 4) is 5.88 Å². The van der Waals surface area contributed by atoms with Gasteiger partial charge in [-0.15, -0.1) is 11.6 Å². The highest BCUT2D eigenvalue weighted by Gasteiger charge is 2.12. The quantitative estimate of drug-likeness (QED) is 0.794. The Kier molecular flexibility index (Phi) is 5.77. The van der Waals surface area contributed by atoms with E-state index >= 15 is 0 Å². The molecule has 17 heavy (non-hydrogen) atoms. The molecule has 4 nitrogen and oxygen atoms in total. The molecule has 0 saturated heterocycles. The molecule has 1 heterocycles. The van der Waals surface area contributed by atoms with Crippen molar-refractivity contribution in [1.29, 1.82) is 0 Å². The fraction of sp³-hybridized carbons (Fsp3) is 0.500. The Balaban J connectivity index is 2.52. The number of amides is 1. The molecule has 1 atom stereocenters. The van der Waals surface area contributed by atoms with E-state index in [0.29, 0.717) is 18.0 Å². The highest BCUT2D eigenvalue weighted by Crippen LogP contribution is 2.13. The Hall–Kier alpha value is -1.29. The molecular formula is C12H17ClN2O2. The molecule has 94 valence electrons. The van der Waals surface area contributed by atoms with E-state index in [4.69, 9.17) is 16.3 Å². The standard InChI is InChI=1S/C12H17ClN2O2/c1-3-9(13)6-8-14-11(16)10-5-4-7-15-12(10)17-2/h4-5,7,9H,3,6,8H2,1-2H3,(H,14,16). The van der Waals surface area contributed by atoms with Crippen molar-refractivity contribution in [1.82, 2.24) is 10.3 Å². The average Bonchev–Trinajstić information content (AvgIpc) is 2.38. The van der Waals surface area contributed by atoms with Crippen LogP contribution in [0.15, 0.2) is 18.3 Å². The number of carbonyl (C=O) groups is 1. The lowest BCUT2D eigenvalue weighted by Gasteiger charge is -2.09. The molecular weight excluding hydrogens is 240 g/mol. The second-order valence-corrected chi connectivity index (χ2v) is 4.23. The Morgan fingerprint density at radius 1 is 1.65 bits per heavy atom. The number of hydrogen-bond acceptors (Lipinski definition) is 3. The van der Waals surface area contributed by atoms with Crippen molar-refractivity contribution in [2.75, 3.05) is 13.7 Å². The number of nitrogens with one attached hydrogen (secondary N) is 1. The number of ether oxygens (including phenoxy) is 1. The van der Waals surface area contributed by atoms with Gasteiger partial charge in [-0.05, 0) is 25.0 Å². The third-order valence-electron chi connectivity index (χ3n) is 2.40. The number of methoxy groups -OCH3 is 1. The summed E-state index contributed by atoms with van der Waals surface area (Å²) in [6.45, 7) is 2.57. The van der Waals surface area contributed by atoms with Crippen molar-refractivity contribution in [2.45, 2.75) is 25.1 Å². The summed E-state index contributed by atoms with van der Waals surface area (Å²) in [4.78, 5) is 15.8. The van der Waals surface area contributed by atoms with Gasteiger partial charge in [-0.1, -0.05) is 6.92 Å². The monoisotopic (exact) mass is 256 g/mol. The van der Waals surface area contributed by atoms with Gasteiger partial charge < -0.3 is 10.1 Å². The van der Waals surface area contributed by atoms with Gasteiger partial charge in [0, 0.05) is 18.1 Å². The Morgan fingerprint density at radius 3 is 3.06 bits per heavy atom. The zero-order valence-corrected chi connectivity index (χ0v) is 10.8. The molecule has 1 rings (SSSR count). The molecule has 1 unspecified atom stereocenters. The molecule has 0 bridgehead atoms. The molecule has 1 N–H and O–H groups in total. The van der Waals surface area contributed by atoms with E-state index in [1.807, 2.05) is 6.92 Å². The van der Waals surface area contributed by atoms with Crippen molar-refractivity contribution < 1.29 is 9.53 Å². The molecule has 1 amide bonds. The molecule has 0 fully saturated rings. The number of rotatable bonds is 6. The molecule has 1 aromatic rings. The maximum atomic E-state index is 11.8. The van der Waals surface area contributed by atoms with Crippen LogP contribution in [0.3, 0.4) is 0 Å². The van der Waals surface area contributed by atoms with Crippen LogP contribution in [0.4, 0.5) is 0 Å². The van der Waals surface area contributed by atoms with Crippen LogP contribution in [-0.4, -0.2) is 29.9 Å². The minimum absolute atomic E-state index is 0.103. The fourth-order valence-electron chi connectivity index (χ4n) is 1.37. The summed E-state index contributed by atoms with van der Waals surface area (Å²) in [7, 11) is 1.49. The second kappa shape index (κ2) is 7.12. The van der Waals surface area contributed by atoms with E-state index in [1.54, 1.807) is 18.3 Å². The first-order valence-electron chi connectivity index (χ1n) is 5.60. The van der Waals surface area contributed by atoms with Crippen LogP contribution < -0.4 is 10.1 Å². The molecule has 0 radical (unpaired) electrons. The van der Waals surface area contributed by atoms with Crippen LogP contribution in [-0.2, 0) is 0 Å². The highest BCUT2D eigenvalue weighted by atomic mass is 35.5. The van der Waals surface area contributed by atoms with Gasteiger partial charge in [0.25, 0.3) is 5.91 Å². The Labute approximate surface area is 106 Å². The van der Waals surface area contributed by atoms with Gasteiger partial charge in [-0.2, -0.15) is 0 Å². The lowest BCUT2D eigenvalue weighted by molar-refractivity contribution is 0.0949. The molecule has 0 aliphatic rings. The first-order valence-corrected chi connectivity index (χ1v) is 6.04. The van der Waals surface area contributed by atoms with Crippen LogP contribution in [0.2, 0.25) is 0 Å². The summed E-state index contributed by atoms with van der Waals surface area (Å²) >= 11 is 5.96. The average molecular weight is 257 g/mol. The van der Waals surface area contributed by atoms with Gasteiger partial charge in [0.1, 0.15) is 5.56 Å². The number of alkyl halides is 1. The number of pyridine rings is 1. The van der Waals surface area contributed by atoms with Crippen molar-refractivity contribution >= 4 is 17.5 Å².